The van der Waals surface area contributed by atoms with E-state index in [0.717, 1.165) is 11.3 Å². The predicted octanol–water partition coefficient (Wildman–Crippen LogP) is 4.05. The Hall–Kier alpha value is -4.86. The molecule has 0 aliphatic heterocycles. The molecule has 0 bridgehead atoms. The minimum absolute atomic E-state index is 0.178. The highest BCUT2D eigenvalue weighted by molar-refractivity contribution is 5.94. The number of amides is 1. The fourth-order valence-electron chi connectivity index (χ4n) is 3.37. The Morgan fingerprint density at radius 1 is 1.06 bits per heavy atom. The lowest BCUT2D eigenvalue weighted by molar-refractivity contribution is -0.142. The Labute approximate surface area is 207 Å². The van der Waals surface area contributed by atoms with E-state index < -0.39 is 18.5 Å². The Morgan fingerprint density at radius 2 is 1.83 bits per heavy atom. The van der Waals surface area contributed by atoms with E-state index in [4.69, 9.17) is 23.8 Å². The third-order valence-corrected chi connectivity index (χ3v) is 5.06. The van der Waals surface area contributed by atoms with Crippen molar-refractivity contribution in [2.45, 2.75) is 6.92 Å². The molecule has 2 aromatic heterocycles. The summed E-state index contributed by atoms with van der Waals surface area (Å²) in [5.41, 5.74) is 3.50. The number of esters is 1. The fraction of sp³-hybridized carbons (Fsp3) is 0.154. The van der Waals surface area contributed by atoms with Gasteiger partial charge in [-0.05, 0) is 43.3 Å². The van der Waals surface area contributed by atoms with E-state index in [0.29, 0.717) is 28.5 Å². The van der Waals surface area contributed by atoms with Gasteiger partial charge in [0.15, 0.2) is 18.1 Å². The molecule has 10 heteroatoms. The molecule has 2 heterocycles. The average Bonchev–Trinajstić information content (AvgIpc) is 3.52. The minimum Gasteiger partial charge on any atom is -0.493 e. The van der Waals surface area contributed by atoms with Crippen molar-refractivity contribution in [2.75, 3.05) is 26.1 Å². The van der Waals surface area contributed by atoms with E-state index in [1.54, 1.807) is 50.2 Å². The van der Waals surface area contributed by atoms with Gasteiger partial charge in [-0.15, -0.1) is 0 Å². The van der Waals surface area contributed by atoms with Crippen LogP contribution in [0.3, 0.4) is 0 Å². The van der Waals surface area contributed by atoms with E-state index in [2.05, 4.69) is 10.5 Å². The van der Waals surface area contributed by atoms with Gasteiger partial charge in [0.1, 0.15) is 5.69 Å². The number of rotatable bonds is 9. The van der Waals surface area contributed by atoms with Crippen molar-refractivity contribution in [2.24, 2.45) is 0 Å². The summed E-state index contributed by atoms with van der Waals surface area (Å²) in [4.78, 5) is 24.3. The van der Waals surface area contributed by atoms with E-state index in [9.17, 15) is 9.59 Å². The van der Waals surface area contributed by atoms with E-state index >= 15 is 0 Å². The predicted molar refractivity (Wildman–Crippen MR) is 132 cm³/mol. The molecule has 4 rings (SSSR count). The molecule has 0 unspecified atom stereocenters. The summed E-state index contributed by atoms with van der Waals surface area (Å²) >= 11 is 0. The van der Waals surface area contributed by atoms with Crippen LogP contribution in [0.4, 0.5) is 5.88 Å². The molecule has 184 valence electrons. The minimum atomic E-state index is -0.690. The van der Waals surface area contributed by atoms with Gasteiger partial charge in [-0.2, -0.15) is 5.10 Å². The second-order valence-electron chi connectivity index (χ2n) is 7.60. The van der Waals surface area contributed by atoms with Crippen molar-refractivity contribution >= 4 is 23.8 Å². The van der Waals surface area contributed by atoms with Gasteiger partial charge in [-0.25, -0.2) is 9.48 Å². The molecular formula is C26H24N4O6. The molecule has 36 heavy (non-hydrogen) atoms. The van der Waals surface area contributed by atoms with Gasteiger partial charge in [0.25, 0.3) is 5.91 Å². The number of carbonyl (C=O) groups excluding carboxylic acids is 2. The maximum atomic E-state index is 12.3. The van der Waals surface area contributed by atoms with Crippen molar-refractivity contribution in [1.29, 1.82) is 0 Å². The van der Waals surface area contributed by atoms with Gasteiger partial charge >= 0.3 is 5.97 Å². The summed E-state index contributed by atoms with van der Waals surface area (Å²) in [7, 11) is 3.12. The van der Waals surface area contributed by atoms with Crippen LogP contribution < -0.4 is 14.8 Å². The standard InChI is InChI=1S/C26H24N4O6/c1-17-13-24(36-29-17)27-23(31)16-35-25(32)12-10-19-15-30(20-7-5-4-6-8-20)28-26(19)18-9-11-21(33-2)22(14-18)34-3/h4-15H,16H2,1-3H3,(H,27,31)/b12-10+. The normalized spacial score (nSPS) is 10.9. The molecule has 1 amide bonds. The van der Waals surface area contributed by atoms with Crippen LogP contribution >= 0.6 is 0 Å². The van der Waals surface area contributed by atoms with Crippen LogP contribution in [0.25, 0.3) is 23.0 Å². The van der Waals surface area contributed by atoms with Gasteiger partial charge in [-0.1, -0.05) is 23.4 Å². The number of ether oxygens (including phenoxy) is 3. The monoisotopic (exact) mass is 488 g/mol. The number of hydrogen-bond donors (Lipinski definition) is 1. The summed E-state index contributed by atoms with van der Waals surface area (Å²) in [5.74, 6) is 0.0761. The number of nitrogens with one attached hydrogen (secondary N) is 1. The van der Waals surface area contributed by atoms with Crippen LogP contribution in [0.15, 0.2) is 71.4 Å². The SMILES string of the molecule is COc1ccc(-c2nn(-c3ccccc3)cc2/C=C/C(=O)OCC(=O)Nc2cc(C)no2)cc1OC. The summed E-state index contributed by atoms with van der Waals surface area (Å²) in [6, 6.07) is 16.6. The Morgan fingerprint density at radius 3 is 2.53 bits per heavy atom. The zero-order valence-corrected chi connectivity index (χ0v) is 19.9. The molecule has 4 aromatic rings. The summed E-state index contributed by atoms with van der Waals surface area (Å²) < 4.78 is 22.4. The molecule has 0 saturated carbocycles. The number of carbonyl (C=O) groups is 2. The highest BCUT2D eigenvalue weighted by Crippen LogP contribution is 2.33. The van der Waals surface area contributed by atoms with Crippen molar-refractivity contribution in [3.8, 4) is 28.4 Å². The van der Waals surface area contributed by atoms with Crippen LogP contribution in [0.5, 0.6) is 11.5 Å². The maximum Gasteiger partial charge on any atom is 0.331 e. The molecular weight excluding hydrogens is 464 g/mol. The summed E-state index contributed by atoms with van der Waals surface area (Å²) in [6.07, 6.45) is 4.62. The largest absolute Gasteiger partial charge is 0.493 e. The van der Waals surface area contributed by atoms with E-state index in [-0.39, 0.29) is 5.88 Å². The van der Waals surface area contributed by atoms with Gasteiger partial charge in [0.2, 0.25) is 5.88 Å². The van der Waals surface area contributed by atoms with Crippen LogP contribution in [0.2, 0.25) is 0 Å². The number of anilines is 1. The highest BCUT2D eigenvalue weighted by atomic mass is 16.5. The zero-order valence-electron chi connectivity index (χ0n) is 19.9. The lowest BCUT2D eigenvalue weighted by Gasteiger charge is -2.09. The molecule has 0 saturated heterocycles. The van der Waals surface area contributed by atoms with Gasteiger partial charge in [0, 0.05) is 29.5 Å². The Bertz CT molecular complexity index is 1390. The quantitative estimate of drug-likeness (QED) is 0.277. The molecule has 2 aromatic carbocycles. The van der Waals surface area contributed by atoms with E-state index in [1.807, 2.05) is 42.5 Å². The molecule has 10 nitrogen and oxygen atoms in total. The van der Waals surface area contributed by atoms with Gasteiger partial charge < -0.3 is 18.7 Å². The first-order chi connectivity index (χ1) is 17.5. The Kier molecular flexibility index (Phi) is 7.45. The van der Waals surface area contributed by atoms with Crippen LogP contribution in [0.1, 0.15) is 11.3 Å². The van der Waals surface area contributed by atoms with Crippen molar-refractivity contribution in [1.82, 2.24) is 14.9 Å². The summed E-state index contributed by atoms with van der Waals surface area (Å²) in [6.45, 7) is 1.24. The fourth-order valence-corrected chi connectivity index (χ4v) is 3.37. The number of para-hydroxylation sites is 1. The average molecular weight is 489 g/mol. The smallest absolute Gasteiger partial charge is 0.331 e. The zero-order chi connectivity index (χ0) is 25.5. The molecule has 0 fully saturated rings. The number of nitrogens with zero attached hydrogens (tertiary/aromatic N) is 3. The number of hydrogen-bond acceptors (Lipinski definition) is 8. The first kappa shape index (κ1) is 24.3. The van der Waals surface area contributed by atoms with Crippen LogP contribution in [-0.2, 0) is 14.3 Å². The highest BCUT2D eigenvalue weighted by Gasteiger charge is 2.15. The second kappa shape index (κ2) is 11.0. The number of methoxy groups -OCH3 is 2. The Balaban J connectivity index is 1.54. The summed E-state index contributed by atoms with van der Waals surface area (Å²) in [5, 5.41) is 10.9. The molecule has 0 radical (unpaired) electrons. The number of benzene rings is 2. The first-order valence-electron chi connectivity index (χ1n) is 10.9. The lowest BCUT2D eigenvalue weighted by Crippen LogP contribution is -2.19. The number of aromatic nitrogens is 3. The molecule has 1 N–H and O–H groups in total. The lowest BCUT2D eigenvalue weighted by atomic mass is 10.1. The van der Waals surface area contributed by atoms with Gasteiger partial charge in [0.05, 0.1) is 25.6 Å². The number of aryl methyl sites for hydroxylation is 1. The van der Waals surface area contributed by atoms with Crippen molar-refractivity contribution in [3.05, 3.63) is 78.1 Å². The first-order valence-corrected chi connectivity index (χ1v) is 10.9. The topological polar surface area (TPSA) is 118 Å². The van der Waals surface area contributed by atoms with Gasteiger partial charge in [-0.3, -0.25) is 10.1 Å². The molecule has 0 aliphatic rings. The third kappa shape index (κ3) is 5.79. The molecule has 0 atom stereocenters. The molecule has 0 spiro atoms. The third-order valence-electron chi connectivity index (χ3n) is 5.06. The van der Waals surface area contributed by atoms with E-state index in [1.165, 1.54) is 6.08 Å². The van der Waals surface area contributed by atoms with Crippen LogP contribution in [0, 0.1) is 6.92 Å². The molecule has 0 aliphatic carbocycles. The van der Waals surface area contributed by atoms with Crippen LogP contribution in [-0.4, -0.2) is 47.6 Å². The van der Waals surface area contributed by atoms with Crippen molar-refractivity contribution < 1.29 is 28.3 Å². The second-order valence-corrected chi connectivity index (χ2v) is 7.60. The van der Waals surface area contributed by atoms with Crippen molar-refractivity contribution in [3.63, 3.8) is 0 Å². The maximum absolute atomic E-state index is 12.3.